The van der Waals surface area contributed by atoms with E-state index < -0.39 is 0 Å². The van der Waals surface area contributed by atoms with E-state index in [9.17, 15) is 9.59 Å². The van der Waals surface area contributed by atoms with Crippen LogP contribution in [0.1, 0.15) is 0 Å². The minimum absolute atomic E-state index is 0.338. The minimum Gasteiger partial charge on any atom is -0.378 e. The number of amides is 2. The zero-order chi connectivity index (χ0) is 17.1. The molecule has 120 valence electrons. The van der Waals surface area contributed by atoms with Crippen molar-refractivity contribution in [1.29, 1.82) is 0 Å². The first-order valence-electron chi connectivity index (χ1n) is 7.40. The summed E-state index contributed by atoms with van der Waals surface area (Å²) in [6.45, 7) is 0. The van der Waals surface area contributed by atoms with Crippen LogP contribution in [-0.4, -0.2) is 25.9 Å². The number of imide groups is 1. The van der Waals surface area contributed by atoms with E-state index >= 15 is 0 Å². The van der Waals surface area contributed by atoms with Gasteiger partial charge in [-0.05, 0) is 48.5 Å². The molecule has 2 amide bonds. The summed E-state index contributed by atoms with van der Waals surface area (Å²) in [5.41, 5.74) is 3.00. The Labute approximate surface area is 139 Å². The van der Waals surface area contributed by atoms with Crippen molar-refractivity contribution < 1.29 is 9.59 Å². The lowest BCUT2D eigenvalue weighted by Gasteiger charge is -2.13. The number of benzene rings is 2. The van der Waals surface area contributed by atoms with Crippen LogP contribution in [0, 0.1) is 0 Å². The van der Waals surface area contributed by atoms with Gasteiger partial charge in [-0.1, -0.05) is 0 Å². The van der Waals surface area contributed by atoms with Crippen LogP contribution < -0.4 is 9.80 Å². The van der Waals surface area contributed by atoms with Crippen molar-refractivity contribution in [2.45, 2.75) is 0 Å². The molecule has 0 saturated heterocycles. The molecule has 1 heterocycles. The molecule has 1 aliphatic heterocycles. The predicted molar refractivity (Wildman–Crippen MR) is 93.0 cm³/mol. The summed E-state index contributed by atoms with van der Waals surface area (Å²) >= 11 is 0. The molecule has 0 saturated carbocycles. The number of hydrogen-bond donors (Lipinski definition) is 0. The van der Waals surface area contributed by atoms with Crippen molar-refractivity contribution in [1.82, 2.24) is 0 Å². The highest BCUT2D eigenvalue weighted by atomic mass is 16.2. The molecule has 0 atom stereocenters. The van der Waals surface area contributed by atoms with Crippen molar-refractivity contribution in [2.24, 2.45) is 10.2 Å². The Morgan fingerprint density at radius 3 is 1.67 bits per heavy atom. The fourth-order valence-corrected chi connectivity index (χ4v) is 2.26. The van der Waals surface area contributed by atoms with E-state index in [1.54, 1.807) is 24.3 Å². The lowest BCUT2D eigenvalue weighted by Crippen LogP contribution is -2.29. The lowest BCUT2D eigenvalue weighted by atomic mass is 10.2. The molecule has 0 aliphatic carbocycles. The maximum Gasteiger partial charge on any atom is 0.258 e. The Kier molecular flexibility index (Phi) is 4.20. The van der Waals surface area contributed by atoms with Gasteiger partial charge in [0.2, 0.25) is 0 Å². The molecule has 0 spiro atoms. The SMILES string of the molecule is CN(C)c1ccc(/N=N/c2ccc(N3C(=O)C=CC3=O)cc2)cc1. The molecule has 6 heteroatoms. The molecule has 2 aromatic rings. The summed E-state index contributed by atoms with van der Waals surface area (Å²) in [6, 6.07) is 14.5. The Morgan fingerprint density at radius 2 is 1.21 bits per heavy atom. The van der Waals surface area contributed by atoms with Gasteiger partial charge < -0.3 is 4.90 Å². The van der Waals surface area contributed by atoms with Gasteiger partial charge in [0.15, 0.2) is 0 Å². The molecule has 0 bridgehead atoms. The van der Waals surface area contributed by atoms with E-state index in [1.165, 1.54) is 12.2 Å². The van der Waals surface area contributed by atoms with Gasteiger partial charge in [-0.25, -0.2) is 4.90 Å². The van der Waals surface area contributed by atoms with Crippen LogP contribution in [0.2, 0.25) is 0 Å². The maximum atomic E-state index is 11.6. The second kappa shape index (κ2) is 6.45. The molecule has 3 rings (SSSR count). The summed E-state index contributed by atoms with van der Waals surface area (Å²) in [4.78, 5) is 26.4. The van der Waals surface area contributed by atoms with E-state index in [4.69, 9.17) is 0 Å². The molecule has 0 aromatic heterocycles. The Balaban J connectivity index is 1.72. The number of anilines is 2. The zero-order valence-electron chi connectivity index (χ0n) is 13.4. The van der Waals surface area contributed by atoms with Crippen molar-refractivity contribution in [2.75, 3.05) is 23.9 Å². The molecular weight excluding hydrogens is 304 g/mol. The monoisotopic (exact) mass is 320 g/mol. The highest BCUT2D eigenvalue weighted by Gasteiger charge is 2.24. The third-order valence-electron chi connectivity index (χ3n) is 3.56. The third kappa shape index (κ3) is 3.22. The van der Waals surface area contributed by atoms with Gasteiger partial charge in [0.1, 0.15) is 0 Å². The number of nitrogens with zero attached hydrogens (tertiary/aromatic N) is 4. The van der Waals surface area contributed by atoms with Gasteiger partial charge >= 0.3 is 0 Å². The van der Waals surface area contributed by atoms with E-state index in [-0.39, 0.29) is 11.8 Å². The lowest BCUT2D eigenvalue weighted by molar-refractivity contribution is -0.119. The van der Waals surface area contributed by atoms with E-state index in [0.717, 1.165) is 16.3 Å². The number of carbonyl (C=O) groups is 2. The van der Waals surface area contributed by atoms with E-state index in [1.807, 2.05) is 43.3 Å². The molecule has 24 heavy (non-hydrogen) atoms. The number of carbonyl (C=O) groups excluding carboxylic acids is 2. The van der Waals surface area contributed by atoms with Crippen molar-refractivity contribution in [3.8, 4) is 0 Å². The predicted octanol–water partition coefficient (Wildman–Crippen LogP) is 3.60. The Bertz CT molecular complexity index is 803. The van der Waals surface area contributed by atoms with Crippen LogP contribution in [0.4, 0.5) is 22.7 Å². The summed E-state index contributed by atoms with van der Waals surface area (Å²) in [5, 5.41) is 8.34. The number of rotatable bonds is 4. The quantitative estimate of drug-likeness (QED) is 0.638. The summed E-state index contributed by atoms with van der Waals surface area (Å²) in [5.74, 6) is -0.675. The molecule has 6 nitrogen and oxygen atoms in total. The molecule has 0 unspecified atom stereocenters. The normalized spacial score (nSPS) is 14.0. The molecule has 0 N–H and O–H groups in total. The Morgan fingerprint density at radius 1 is 0.750 bits per heavy atom. The largest absolute Gasteiger partial charge is 0.378 e. The standard InChI is InChI=1S/C18H16N4O2/c1-21(2)15-7-3-13(4-8-15)19-20-14-5-9-16(10-6-14)22-17(23)11-12-18(22)24/h3-12H,1-2H3/b20-19+. The van der Waals surface area contributed by atoms with Crippen LogP contribution in [0.5, 0.6) is 0 Å². The molecular formula is C18H16N4O2. The van der Waals surface area contributed by atoms with Crippen molar-refractivity contribution in [3.05, 3.63) is 60.7 Å². The summed E-state index contributed by atoms with van der Waals surface area (Å²) < 4.78 is 0. The first-order valence-corrected chi connectivity index (χ1v) is 7.40. The fraction of sp³-hybridized carbons (Fsp3) is 0.111. The molecule has 0 radical (unpaired) electrons. The number of hydrogen-bond acceptors (Lipinski definition) is 5. The topological polar surface area (TPSA) is 65.3 Å². The summed E-state index contributed by atoms with van der Waals surface area (Å²) in [7, 11) is 3.95. The summed E-state index contributed by atoms with van der Waals surface area (Å²) in [6.07, 6.45) is 2.51. The van der Waals surface area contributed by atoms with Crippen LogP contribution in [0.25, 0.3) is 0 Å². The first kappa shape index (κ1) is 15.6. The second-order valence-corrected chi connectivity index (χ2v) is 5.47. The fourth-order valence-electron chi connectivity index (χ4n) is 2.26. The minimum atomic E-state index is -0.338. The molecule has 1 aliphatic rings. The van der Waals surface area contributed by atoms with Gasteiger partial charge in [0.25, 0.3) is 11.8 Å². The second-order valence-electron chi connectivity index (χ2n) is 5.47. The first-order chi connectivity index (χ1) is 11.5. The average Bonchev–Trinajstić information content (AvgIpc) is 2.92. The smallest absolute Gasteiger partial charge is 0.258 e. The average molecular weight is 320 g/mol. The highest BCUT2D eigenvalue weighted by molar-refractivity contribution is 6.28. The van der Waals surface area contributed by atoms with Gasteiger partial charge in [-0.15, -0.1) is 0 Å². The van der Waals surface area contributed by atoms with Crippen LogP contribution in [0.3, 0.4) is 0 Å². The molecule has 0 fully saturated rings. The molecule has 2 aromatic carbocycles. The third-order valence-corrected chi connectivity index (χ3v) is 3.56. The van der Waals surface area contributed by atoms with Gasteiger partial charge in [0, 0.05) is 31.9 Å². The van der Waals surface area contributed by atoms with E-state index in [2.05, 4.69) is 10.2 Å². The Hall–Kier alpha value is -3.28. The van der Waals surface area contributed by atoms with Crippen molar-refractivity contribution >= 4 is 34.6 Å². The number of azo groups is 1. The van der Waals surface area contributed by atoms with Crippen LogP contribution in [-0.2, 0) is 9.59 Å². The van der Waals surface area contributed by atoms with Crippen LogP contribution in [0.15, 0.2) is 70.9 Å². The van der Waals surface area contributed by atoms with Gasteiger partial charge in [-0.3, -0.25) is 9.59 Å². The maximum absolute atomic E-state index is 11.6. The van der Waals surface area contributed by atoms with Gasteiger partial charge in [0.05, 0.1) is 17.1 Å². The van der Waals surface area contributed by atoms with E-state index in [0.29, 0.717) is 11.4 Å². The van der Waals surface area contributed by atoms with Gasteiger partial charge in [-0.2, -0.15) is 10.2 Å². The highest BCUT2D eigenvalue weighted by Crippen LogP contribution is 2.25. The van der Waals surface area contributed by atoms with Crippen molar-refractivity contribution in [3.63, 3.8) is 0 Å². The zero-order valence-corrected chi connectivity index (χ0v) is 13.4. The van der Waals surface area contributed by atoms with Crippen LogP contribution >= 0.6 is 0 Å².